The topological polar surface area (TPSA) is 83.7 Å². The quantitative estimate of drug-likeness (QED) is 0.342. The molecule has 7 nitrogen and oxygen atoms in total. The molecule has 190 valence electrons. The molecule has 1 aromatic heterocycles. The van der Waals surface area contributed by atoms with Crippen molar-refractivity contribution in [3.63, 3.8) is 0 Å². The molecule has 0 spiro atoms. The molecule has 0 saturated carbocycles. The zero-order valence-corrected chi connectivity index (χ0v) is 21.5. The molecule has 1 saturated heterocycles. The number of H-pyrrole nitrogens is 1. The number of carbonyl (C=O) groups excluding carboxylic acids is 1. The lowest BCUT2D eigenvalue weighted by atomic mass is 9.93. The number of rotatable bonds is 6. The molecular formula is C29H28ClN3O4. The summed E-state index contributed by atoms with van der Waals surface area (Å²) in [6.07, 6.45) is 1.50. The van der Waals surface area contributed by atoms with Crippen molar-refractivity contribution in [2.45, 2.75) is 12.8 Å². The minimum absolute atomic E-state index is 0.116. The summed E-state index contributed by atoms with van der Waals surface area (Å²) in [4.78, 5) is 31.8. The number of pyridine rings is 1. The standard InChI is InChI=1S/C29H28ClN3O4/c1-36-21-11-13-24(25(16-21)37-2)32-28(34)19-9-6-14-33(17-19)27-26(18-7-4-3-5-8-18)22-15-20(30)10-12-23(22)31-29(27)35/h3-5,7-8,10-13,15-16,19H,6,9,14,17H2,1-2H3,(H,31,35)(H,32,34)/t19-/m1/s1. The van der Waals surface area contributed by atoms with E-state index in [4.69, 9.17) is 21.1 Å². The van der Waals surface area contributed by atoms with E-state index >= 15 is 0 Å². The van der Waals surface area contributed by atoms with Gasteiger partial charge in [-0.3, -0.25) is 9.59 Å². The van der Waals surface area contributed by atoms with Crippen molar-refractivity contribution in [2.24, 2.45) is 5.92 Å². The SMILES string of the molecule is COc1ccc(NC(=O)[C@@H]2CCCN(c3c(-c4ccccc4)c4cc(Cl)ccc4[nH]c3=O)C2)c(OC)c1. The first kappa shape index (κ1) is 24.7. The molecule has 0 radical (unpaired) electrons. The van der Waals surface area contributed by atoms with Gasteiger partial charge < -0.3 is 24.7 Å². The molecule has 0 aliphatic carbocycles. The van der Waals surface area contributed by atoms with Gasteiger partial charge in [-0.2, -0.15) is 0 Å². The number of hydrogen-bond acceptors (Lipinski definition) is 5. The number of halogens is 1. The molecule has 2 heterocycles. The Kier molecular flexibility index (Phi) is 7.06. The van der Waals surface area contributed by atoms with Crippen molar-refractivity contribution in [1.82, 2.24) is 4.98 Å². The average molecular weight is 518 g/mol. The number of piperidine rings is 1. The van der Waals surface area contributed by atoms with Crippen LogP contribution >= 0.6 is 11.6 Å². The number of anilines is 2. The highest BCUT2D eigenvalue weighted by Crippen LogP contribution is 2.37. The molecule has 1 aliphatic rings. The van der Waals surface area contributed by atoms with Gasteiger partial charge in [-0.25, -0.2) is 0 Å². The first-order valence-corrected chi connectivity index (χ1v) is 12.5. The van der Waals surface area contributed by atoms with Crippen LogP contribution in [0.15, 0.2) is 71.5 Å². The lowest BCUT2D eigenvalue weighted by Gasteiger charge is -2.34. The highest BCUT2D eigenvalue weighted by atomic mass is 35.5. The van der Waals surface area contributed by atoms with E-state index in [1.54, 1.807) is 38.5 Å². The zero-order valence-electron chi connectivity index (χ0n) is 20.7. The molecule has 1 atom stereocenters. The first-order chi connectivity index (χ1) is 18.0. The van der Waals surface area contributed by atoms with Crippen molar-refractivity contribution >= 4 is 39.8 Å². The maximum atomic E-state index is 13.5. The van der Waals surface area contributed by atoms with E-state index in [2.05, 4.69) is 10.3 Å². The van der Waals surface area contributed by atoms with Crippen LogP contribution in [-0.2, 0) is 4.79 Å². The van der Waals surface area contributed by atoms with Crippen LogP contribution in [0.5, 0.6) is 11.5 Å². The van der Waals surface area contributed by atoms with Gasteiger partial charge in [0.05, 0.1) is 25.8 Å². The number of ether oxygens (including phenoxy) is 2. The molecule has 0 unspecified atom stereocenters. The minimum atomic E-state index is -0.307. The molecule has 1 amide bonds. The Morgan fingerprint density at radius 1 is 1.05 bits per heavy atom. The molecular weight excluding hydrogens is 490 g/mol. The fourth-order valence-electron chi connectivity index (χ4n) is 4.98. The Labute approximate surface area is 220 Å². The van der Waals surface area contributed by atoms with E-state index in [0.717, 1.165) is 34.9 Å². The van der Waals surface area contributed by atoms with Crippen LogP contribution in [0.25, 0.3) is 22.0 Å². The minimum Gasteiger partial charge on any atom is -0.497 e. The molecule has 2 N–H and O–H groups in total. The van der Waals surface area contributed by atoms with Gasteiger partial charge in [0.25, 0.3) is 5.56 Å². The highest BCUT2D eigenvalue weighted by molar-refractivity contribution is 6.31. The van der Waals surface area contributed by atoms with E-state index in [9.17, 15) is 9.59 Å². The van der Waals surface area contributed by atoms with Crippen molar-refractivity contribution in [1.29, 1.82) is 0 Å². The summed E-state index contributed by atoms with van der Waals surface area (Å²) in [7, 11) is 3.13. The summed E-state index contributed by atoms with van der Waals surface area (Å²) in [5, 5.41) is 4.46. The Hall–Kier alpha value is -3.97. The largest absolute Gasteiger partial charge is 0.497 e. The van der Waals surface area contributed by atoms with Crippen molar-refractivity contribution in [2.75, 3.05) is 37.5 Å². The van der Waals surface area contributed by atoms with E-state index in [0.29, 0.717) is 41.0 Å². The van der Waals surface area contributed by atoms with Crippen molar-refractivity contribution < 1.29 is 14.3 Å². The van der Waals surface area contributed by atoms with Crippen LogP contribution in [0.4, 0.5) is 11.4 Å². The Morgan fingerprint density at radius 2 is 1.86 bits per heavy atom. The van der Waals surface area contributed by atoms with E-state index < -0.39 is 0 Å². The fraction of sp³-hybridized carbons (Fsp3) is 0.241. The van der Waals surface area contributed by atoms with Gasteiger partial charge in [0.1, 0.15) is 17.2 Å². The second-order valence-electron chi connectivity index (χ2n) is 9.07. The van der Waals surface area contributed by atoms with Crippen LogP contribution in [0.2, 0.25) is 5.02 Å². The van der Waals surface area contributed by atoms with Gasteiger partial charge in [0.15, 0.2) is 0 Å². The summed E-state index contributed by atoms with van der Waals surface area (Å²) in [6.45, 7) is 1.09. The van der Waals surface area contributed by atoms with Crippen LogP contribution in [0, 0.1) is 5.92 Å². The first-order valence-electron chi connectivity index (χ1n) is 12.2. The highest BCUT2D eigenvalue weighted by Gasteiger charge is 2.30. The maximum absolute atomic E-state index is 13.5. The molecule has 4 aromatic rings. The number of nitrogens with one attached hydrogen (secondary N) is 2. The van der Waals surface area contributed by atoms with Crippen molar-refractivity contribution in [3.8, 4) is 22.6 Å². The van der Waals surface area contributed by atoms with Crippen LogP contribution in [0.3, 0.4) is 0 Å². The number of aromatic amines is 1. The third-order valence-corrected chi connectivity index (χ3v) is 7.02. The number of fused-ring (bicyclic) bond motifs is 1. The molecule has 0 bridgehead atoms. The Morgan fingerprint density at radius 3 is 2.62 bits per heavy atom. The molecule has 1 aliphatic heterocycles. The lowest BCUT2D eigenvalue weighted by molar-refractivity contribution is -0.120. The number of hydrogen-bond donors (Lipinski definition) is 2. The van der Waals surface area contributed by atoms with Gasteiger partial charge in [0, 0.05) is 40.6 Å². The zero-order chi connectivity index (χ0) is 25.9. The van der Waals surface area contributed by atoms with E-state index in [1.807, 2.05) is 47.4 Å². The van der Waals surface area contributed by atoms with E-state index in [1.165, 1.54) is 0 Å². The third kappa shape index (κ3) is 5.00. The average Bonchev–Trinajstić information content (AvgIpc) is 2.93. The number of aromatic nitrogens is 1. The van der Waals surface area contributed by atoms with Gasteiger partial charge in [-0.15, -0.1) is 0 Å². The number of amides is 1. The molecule has 5 rings (SSSR count). The molecule has 3 aromatic carbocycles. The number of benzene rings is 3. The summed E-state index contributed by atoms with van der Waals surface area (Å²) < 4.78 is 10.7. The Balaban J connectivity index is 1.50. The van der Waals surface area contributed by atoms with Gasteiger partial charge in [-0.1, -0.05) is 41.9 Å². The van der Waals surface area contributed by atoms with Gasteiger partial charge in [-0.05, 0) is 48.7 Å². The number of carbonyl (C=O) groups is 1. The Bertz CT molecular complexity index is 1500. The predicted molar refractivity (Wildman–Crippen MR) is 148 cm³/mol. The summed E-state index contributed by atoms with van der Waals surface area (Å²) in [5.74, 6) is 0.741. The smallest absolute Gasteiger partial charge is 0.272 e. The monoisotopic (exact) mass is 517 g/mol. The molecule has 37 heavy (non-hydrogen) atoms. The summed E-state index contributed by atoms with van der Waals surface area (Å²) in [6, 6.07) is 20.6. The van der Waals surface area contributed by atoms with Gasteiger partial charge in [0.2, 0.25) is 5.91 Å². The van der Waals surface area contributed by atoms with Crippen LogP contribution in [0.1, 0.15) is 12.8 Å². The van der Waals surface area contributed by atoms with Crippen molar-refractivity contribution in [3.05, 3.63) is 82.1 Å². The normalized spacial score (nSPS) is 15.4. The lowest BCUT2D eigenvalue weighted by Crippen LogP contribution is -2.43. The predicted octanol–water partition coefficient (Wildman–Crippen LogP) is 5.72. The maximum Gasteiger partial charge on any atom is 0.272 e. The van der Waals surface area contributed by atoms with E-state index in [-0.39, 0.29) is 17.4 Å². The second-order valence-corrected chi connectivity index (χ2v) is 9.51. The summed E-state index contributed by atoms with van der Waals surface area (Å²) >= 11 is 6.36. The number of methoxy groups -OCH3 is 2. The summed E-state index contributed by atoms with van der Waals surface area (Å²) in [5.41, 5.74) is 3.40. The van der Waals surface area contributed by atoms with Gasteiger partial charge >= 0.3 is 0 Å². The third-order valence-electron chi connectivity index (χ3n) is 6.79. The van der Waals surface area contributed by atoms with Crippen LogP contribution < -0.4 is 25.2 Å². The molecule has 8 heteroatoms. The molecule has 1 fully saturated rings. The van der Waals surface area contributed by atoms with Crippen LogP contribution in [-0.4, -0.2) is 38.2 Å². The number of nitrogens with zero attached hydrogens (tertiary/aromatic N) is 1. The second kappa shape index (κ2) is 10.6. The fourth-order valence-corrected chi connectivity index (χ4v) is 5.16.